The minimum Gasteiger partial charge on any atom is -0.489 e. The van der Waals surface area contributed by atoms with Gasteiger partial charge in [0.15, 0.2) is 0 Å². The molecule has 0 unspecified atom stereocenters. The van der Waals surface area contributed by atoms with E-state index >= 15 is 0 Å². The fraction of sp³-hybridized carbons (Fsp3) is 0.240. The molecule has 3 aromatic rings. The highest BCUT2D eigenvalue weighted by molar-refractivity contribution is 5.92. The first-order valence-corrected chi connectivity index (χ1v) is 10.8. The summed E-state index contributed by atoms with van der Waals surface area (Å²) in [5, 5.41) is 13.8. The highest BCUT2D eigenvalue weighted by Gasteiger charge is 2.25. The van der Waals surface area contributed by atoms with E-state index in [2.05, 4.69) is 10.2 Å². The van der Waals surface area contributed by atoms with E-state index in [1.807, 2.05) is 18.2 Å². The van der Waals surface area contributed by atoms with Crippen molar-refractivity contribution in [3.8, 4) is 5.75 Å². The maximum atomic E-state index is 13.0. The Balaban J connectivity index is 1.28. The zero-order valence-electron chi connectivity index (χ0n) is 17.9. The molecule has 1 amide bonds. The third-order valence-corrected chi connectivity index (χ3v) is 5.71. The van der Waals surface area contributed by atoms with Gasteiger partial charge in [-0.25, -0.2) is 4.39 Å². The summed E-state index contributed by atoms with van der Waals surface area (Å²) in [5.74, 6) is 0.185. The largest absolute Gasteiger partial charge is 0.489 e. The molecule has 3 aromatic carbocycles. The lowest BCUT2D eigenvalue weighted by molar-refractivity contribution is -0.384. The van der Waals surface area contributed by atoms with Crippen LogP contribution in [0.5, 0.6) is 5.75 Å². The number of carbonyl (C=O) groups excluding carboxylic acids is 1. The fourth-order valence-electron chi connectivity index (χ4n) is 3.84. The number of carbonyl (C=O) groups is 1. The van der Waals surface area contributed by atoms with Crippen LogP contribution in [0.15, 0.2) is 72.8 Å². The van der Waals surface area contributed by atoms with Gasteiger partial charge in [0, 0.05) is 48.6 Å². The molecule has 1 saturated heterocycles. The summed E-state index contributed by atoms with van der Waals surface area (Å²) in [4.78, 5) is 25.3. The lowest BCUT2D eigenvalue weighted by Crippen LogP contribution is -2.38. The normalized spacial score (nSPS) is 14.0. The number of nitrogens with one attached hydrogen (secondary N) is 1. The number of piperidine rings is 1. The third-order valence-electron chi connectivity index (χ3n) is 5.71. The average Bonchev–Trinajstić information content (AvgIpc) is 2.84. The summed E-state index contributed by atoms with van der Waals surface area (Å²) >= 11 is 0. The molecule has 0 aromatic heterocycles. The highest BCUT2D eigenvalue weighted by atomic mass is 19.1. The molecule has 170 valence electrons. The van der Waals surface area contributed by atoms with Crippen LogP contribution in [0.2, 0.25) is 0 Å². The number of hydrogen-bond acceptors (Lipinski definition) is 5. The van der Waals surface area contributed by atoms with Crippen molar-refractivity contribution in [3.05, 3.63) is 94.3 Å². The smallest absolute Gasteiger partial charge is 0.269 e. The van der Waals surface area contributed by atoms with Gasteiger partial charge in [-0.05, 0) is 54.8 Å². The molecule has 1 heterocycles. The number of nitrogens with zero attached hydrogens (tertiary/aromatic N) is 2. The topological polar surface area (TPSA) is 84.7 Å². The van der Waals surface area contributed by atoms with Gasteiger partial charge in [-0.3, -0.25) is 14.9 Å². The average molecular weight is 449 g/mol. The first kappa shape index (κ1) is 22.3. The Bertz CT molecular complexity index is 1110. The third kappa shape index (κ3) is 5.85. The summed E-state index contributed by atoms with van der Waals surface area (Å²) in [6.07, 6.45) is 1.40. The second kappa shape index (κ2) is 10.1. The minimum atomic E-state index is -0.414. The van der Waals surface area contributed by atoms with Crippen LogP contribution in [0.3, 0.4) is 0 Å². The molecule has 0 atom stereocenters. The van der Waals surface area contributed by atoms with Crippen molar-refractivity contribution in [1.29, 1.82) is 0 Å². The van der Waals surface area contributed by atoms with Crippen molar-refractivity contribution < 1.29 is 18.8 Å². The van der Waals surface area contributed by atoms with Gasteiger partial charge in [0.1, 0.15) is 18.2 Å². The summed E-state index contributed by atoms with van der Waals surface area (Å²) < 4.78 is 18.8. The molecular formula is C25H24FN3O4. The molecule has 7 nitrogen and oxygen atoms in total. The Morgan fingerprint density at radius 3 is 2.42 bits per heavy atom. The van der Waals surface area contributed by atoms with E-state index in [4.69, 9.17) is 4.74 Å². The Hall–Kier alpha value is -3.94. The summed E-state index contributed by atoms with van der Waals surface area (Å²) in [5.41, 5.74) is 2.50. The molecule has 0 aliphatic carbocycles. The number of nitro benzene ring substituents is 1. The number of hydrogen-bond donors (Lipinski definition) is 1. The van der Waals surface area contributed by atoms with Crippen LogP contribution in [-0.2, 0) is 11.4 Å². The van der Waals surface area contributed by atoms with Crippen molar-refractivity contribution in [2.45, 2.75) is 19.4 Å². The molecule has 0 radical (unpaired) electrons. The molecule has 0 saturated carbocycles. The van der Waals surface area contributed by atoms with Gasteiger partial charge in [0.05, 0.1) is 4.92 Å². The molecule has 0 spiro atoms. The minimum absolute atomic E-state index is 0.0333. The number of benzene rings is 3. The molecule has 1 aliphatic rings. The first-order chi connectivity index (χ1) is 16.0. The predicted molar refractivity (Wildman–Crippen MR) is 124 cm³/mol. The summed E-state index contributed by atoms with van der Waals surface area (Å²) in [6.45, 7) is 1.71. The van der Waals surface area contributed by atoms with Crippen LogP contribution >= 0.6 is 0 Å². The van der Waals surface area contributed by atoms with E-state index in [1.54, 1.807) is 30.3 Å². The van der Waals surface area contributed by atoms with Crippen molar-refractivity contribution in [2.24, 2.45) is 5.92 Å². The van der Waals surface area contributed by atoms with Crippen LogP contribution < -0.4 is 15.0 Å². The van der Waals surface area contributed by atoms with E-state index in [9.17, 15) is 19.3 Å². The van der Waals surface area contributed by atoms with E-state index < -0.39 is 4.92 Å². The van der Waals surface area contributed by atoms with E-state index in [1.165, 1.54) is 24.3 Å². The second-order valence-electron chi connectivity index (χ2n) is 7.97. The number of non-ortho nitro benzene ring substituents is 1. The van der Waals surface area contributed by atoms with Gasteiger partial charge in [-0.1, -0.05) is 18.2 Å². The quantitative estimate of drug-likeness (QED) is 0.397. The lowest BCUT2D eigenvalue weighted by atomic mass is 9.95. The lowest BCUT2D eigenvalue weighted by Gasteiger charge is -2.33. The standard InChI is InChI=1S/C25H24FN3O4/c26-20-6-4-18(5-7-20)17-33-24-3-1-2-21(16-24)27-25(30)19-12-14-28(15-13-19)22-8-10-23(11-9-22)29(31)32/h1-11,16,19H,12-15,17H2,(H,27,30). The zero-order valence-corrected chi connectivity index (χ0v) is 17.9. The van der Waals surface area contributed by atoms with Crippen LogP contribution in [-0.4, -0.2) is 23.9 Å². The van der Waals surface area contributed by atoms with E-state index in [-0.39, 0.29) is 23.3 Å². The van der Waals surface area contributed by atoms with E-state index in [0.717, 1.165) is 11.3 Å². The molecule has 1 fully saturated rings. The molecule has 33 heavy (non-hydrogen) atoms. The second-order valence-corrected chi connectivity index (χ2v) is 7.97. The number of amides is 1. The van der Waals surface area contributed by atoms with Crippen LogP contribution in [0.1, 0.15) is 18.4 Å². The Labute approximate surface area is 190 Å². The number of nitro groups is 1. The molecule has 8 heteroatoms. The fourth-order valence-corrected chi connectivity index (χ4v) is 3.84. The monoisotopic (exact) mass is 449 g/mol. The Kier molecular flexibility index (Phi) is 6.83. The van der Waals surface area contributed by atoms with Gasteiger partial charge in [0.2, 0.25) is 5.91 Å². The van der Waals surface area contributed by atoms with Gasteiger partial charge < -0.3 is 15.0 Å². The number of rotatable bonds is 7. The SMILES string of the molecule is O=C(Nc1cccc(OCc2ccc(F)cc2)c1)C1CCN(c2ccc([N+](=O)[O-])cc2)CC1. The molecular weight excluding hydrogens is 425 g/mol. The maximum absolute atomic E-state index is 13.0. The van der Waals surface area contributed by atoms with Crippen molar-refractivity contribution in [1.82, 2.24) is 0 Å². The number of ether oxygens (including phenoxy) is 1. The van der Waals surface area contributed by atoms with Crippen molar-refractivity contribution in [2.75, 3.05) is 23.3 Å². The Morgan fingerprint density at radius 2 is 1.76 bits per heavy atom. The van der Waals surface area contributed by atoms with E-state index in [0.29, 0.717) is 44.0 Å². The predicted octanol–water partition coefficient (Wildman–Crippen LogP) is 5.17. The van der Waals surface area contributed by atoms with Crippen molar-refractivity contribution in [3.63, 3.8) is 0 Å². The number of halogens is 1. The molecule has 1 N–H and O–H groups in total. The summed E-state index contributed by atoms with van der Waals surface area (Å²) in [7, 11) is 0. The van der Waals surface area contributed by atoms with Crippen LogP contribution in [0.25, 0.3) is 0 Å². The van der Waals surface area contributed by atoms with Crippen molar-refractivity contribution >= 4 is 23.0 Å². The first-order valence-electron chi connectivity index (χ1n) is 10.8. The Morgan fingerprint density at radius 1 is 1.06 bits per heavy atom. The zero-order chi connectivity index (χ0) is 23.2. The van der Waals surface area contributed by atoms with Crippen LogP contribution in [0, 0.1) is 21.8 Å². The molecule has 1 aliphatic heterocycles. The maximum Gasteiger partial charge on any atom is 0.269 e. The molecule has 0 bridgehead atoms. The van der Waals surface area contributed by atoms with Gasteiger partial charge in [-0.2, -0.15) is 0 Å². The van der Waals surface area contributed by atoms with Gasteiger partial charge in [0.25, 0.3) is 5.69 Å². The number of anilines is 2. The van der Waals surface area contributed by atoms with Crippen LogP contribution in [0.4, 0.5) is 21.5 Å². The van der Waals surface area contributed by atoms with Gasteiger partial charge in [-0.15, -0.1) is 0 Å². The highest BCUT2D eigenvalue weighted by Crippen LogP contribution is 2.27. The summed E-state index contributed by atoms with van der Waals surface area (Å²) in [6, 6.07) is 19.8. The molecule has 4 rings (SSSR count). The van der Waals surface area contributed by atoms with Gasteiger partial charge >= 0.3 is 0 Å².